The second-order valence-corrected chi connectivity index (χ2v) is 5.20. The Labute approximate surface area is 110 Å². The van der Waals surface area contributed by atoms with Crippen molar-refractivity contribution in [2.75, 3.05) is 31.7 Å². The lowest BCUT2D eigenvalue weighted by atomic mass is 9.97. The Morgan fingerprint density at radius 1 is 1.33 bits per heavy atom. The third-order valence-corrected chi connectivity index (χ3v) is 3.93. The second-order valence-electron chi connectivity index (χ2n) is 5.20. The SMILES string of the molecule is COCC1CCN(c2ccc(CN)c(C)c2)CC1. The number of hydrogen-bond donors (Lipinski definition) is 1. The minimum absolute atomic E-state index is 0.627. The van der Waals surface area contributed by atoms with Crippen molar-refractivity contribution in [2.45, 2.75) is 26.3 Å². The smallest absolute Gasteiger partial charge is 0.0491 e. The molecule has 0 saturated carbocycles. The van der Waals surface area contributed by atoms with Crippen LogP contribution in [-0.4, -0.2) is 26.8 Å². The number of aryl methyl sites for hydroxylation is 1. The Bertz CT molecular complexity index is 384. The molecule has 0 bridgehead atoms. The summed E-state index contributed by atoms with van der Waals surface area (Å²) in [4.78, 5) is 2.47. The molecular weight excluding hydrogens is 224 g/mol. The van der Waals surface area contributed by atoms with Crippen molar-refractivity contribution in [3.05, 3.63) is 29.3 Å². The molecule has 1 fully saturated rings. The minimum atomic E-state index is 0.627. The highest BCUT2D eigenvalue weighted by atomic mass is 16.5. The molecule has 0 atom stereocenters. The van der Waals surface area contributed by atoms with E-state index in [1.807, 2.05) is 0 Å². The molecule has 0 aliphatic carbocycles. The molecule has 18 heavy (non-hydrogen) atoms. The van der Waals surface area contributed by atoms with E-state index in [0.29, 0.717) is 6.54 Å². The Kier molecular flexibility index (Phi) is 4.61. The number of nitrogens with two attached hydrogens (primary N) is 1. The van der Waals surface area contributed by atoms with E-state index in [1.165, 1.54) is 29.7 Å². The van der Waals surface area contributed by atoms with Crippen LogP contribution in [0.25, 0.3) is 0 Å². The van der Waals surface area contributed by atoms with Gasteiger partial charge in [-0.15, -0.1) is 0 Å². The number of piperidine rings is 1. The normalized spacial score (nSPS) is 17.2. The van der Waals surface area contributed by atoms with Gasteiger partial charge >= 0.3 is 0 Å². The van der Waals surface area contributed by atoms with Gasteiger partial charge in [-0.25, -0.2) is 0 Å². The van der Waals surface area contributed by atoms with Crippen molar-refractivity contribution in [3.8, 4) is 0 Å². The van der Waals surface area contributed by atoms with E-state index in [2.05, 4.69) is 30.0 Å². The largest absolute Gasteiger partial charge is 0.384 e. The molecule has 1 aromatic rings. The molecule has 0 radical (unpaired) electrons. The van der Waals surface area contributed by atoms with Crippen LogP contribution >= 0.6 is 0 Å². The summed E-state index contributed by atoms with van der Waals surface area (Å²) in [7, 11) is 1.79. The number of nitrogens with zero attached hydrogens (tertiary/aromatic N) is 1. The first-order chi connectivity index (χ1) is 8.74. The summed E-state index contributed by atoms with van der Waals surface area (Å²) in [5.41, 5.74) is 9.58. The van der Waals surface area contributed by atoms with Crippen LogP contribution in [0.4, 0.5) is 5.69 Å². The zero-order valence-electron chi connectivity index (χ0n) is 11.5. The van der Waals surface area contributed by atoms with Gasteiger partial charge in [0.15, 0.2) is 0 Å². The van der Waals surface area contributed by atoms with Crippen LogP contribution < -0.4 is 10.6 Å². The van der Waals surface area contributed by atoms with Gasteiger partial charge in [0, 0.05) is 39.0 Å². The van der Waals surface area contributed by atoms with Gasteiger partial charge in [0.2, 0.25) is 0 Å². The van der Waals surface area contributed by atoms with Crippen molar-refractivity contribution in [1.29, 1.82) is 0 Å². The lowest BCUT2D eigenvalue weighted by Crippen LogP contribution is -2.35. The van der Waals surface area contributed by atoms with Crippen molar-refractivity contribution in [3.63, 3.8) is 0 Å². The van der Waals surface area contributed by atoms with E-state index in [-0.39, 0.29) is 0 Å². The number of anilines is 1. The van der Waals surface area contributed by atoms with E-state index in [9.17, 15) is 0 Å². The maximum Gasteiger partial charge on any atom is 0.0491 e. The first kappa shape index (κ1) is 13.4. The second kappa shape index (κ2) is 6.21. The molecule has 0 unspecified atom stereocenters. The number of rotatable bonds is 4. The summed E-state index contributed by atoms with van der Waals surface area (Å²) in [5, 5.41) is 0. The van der Waals surface area contributed by atoms with Crippen LogP contribution in [-0.2, 0) is 11.3 Å². The fourth-order valence-corrected chi connectivity index (χ4v) is 2.70. The van der Waals surface area contributed by atoms with Crippen LogP contribution in [0.3, 0.4) is 0 Å². The van der Waals surface area contributed by atoms with Crippen molar-refractivity contribution in [1.82, 2.24) is 0 Å². The fraction of sp³-hybridized carbons (Fsp3) is 0.600. The summed E-state index contributed by atoms with van der Waals surface area (Å²) in [6.07, 6.45) is 2.46. The molecule has 1 aliphatic heterocycles. The van der Waals surface area contributed by atoms with Crippen LogP contribution in [0.15, 0.2) is 18.2 Å². The number of hydrogen-bond acceptors (Lipinski definition) is 3. The fourth-order valence-electron chi connectivity index (χ4n) is 2.70. The van der Waals surface area contributed by atoms with Crippen LogP contribution in [0.5, 0.6) is 0 Å². The third kappa shape index (κ3) is 3.03. The van der Waals surface area contributed by atoms with E-state index in [0.717, 1.165) is 25.6 Å². The van der Waals surface area contributed by atoms with Gasteiger partial charge in [0.1, 0.15) is 0 Å². The molecule has 2 N–H and O–H groups in total. The molecule has 1 aliphatic rings. The van der Waals surface area contributed by atoms with Gasteiger partial charge in [0.05, 0.1) is 0 Å². The molecule has 0 aromatic heterocycles. The van der Waals surface area contributed by atoms with Gasteiger partial charge in [0.25, 0.3) is 0 Å². The lowest BCUT2D eigenvalue weighted by molar-refractivity contribution is 0.139. The van der Waals surface area contributed by atoms with Gasteiger partial charge in [-0.05, 0) is 48.9 Å². The van der Waals surface area contributed by atoms with Gasteiger partial charge in [-0.3, -0.25) is 0 Å². The average molecular weight is 248 g/mol. The molecule has 2 rings (SSSR count). The highest BCUT2D eigenvalue weighted by Gasteiger charge is 2.19. The molecule has 0 amide bonds. The predicted octanol–water partition coefficient (Wildman–Crippen LogP) is 2.32. The minimum Gasteiger partial charge on any atom is -0.384 e. The summed E-state index contributed by atoms with van der Waals surface area (Å²) >= 11 is 0. The molecule has 1 saturated heterocycles. The predicted molar refractivity (Wildman–Crippen MR) is 75.9 cm³/mol. The summed E-state index contributed by atoms with van der Waals surface area (Å²) < 4.78 is 5.24. The van der Waals surface area contributed by atoms with Gasteiger partial charge in [-0.2, -0.15) is 0 Å². The zero-order valence-corrected chi connectivity index (χ0v) is 11.5. The van der Waals surface area contributed by atoms with Crippen LogP contribution in [0.1, 0.15) is 24.0 Å². The van der Waals surface area contributed by atoms with E-state index in [1.54, 1.807) is 7.11 Å². The highest BCUT2D eigenvalue weighted by molar-refractivity contribution is 5.51. The molecular formula is C15H24N2O. The zero-order chi connectivity index (χ0) is 13.0. The average Bonchev–Trinajstić information content (AvgIpc) is 2.40. The molecule has 3 nitrogen and oxygen atoms in total. The Hall–Kier alpha value is -1.06. The van der Waals surface area contributed by atoms with Crippen molar-refractivity contribution >= 4 is 5.69 Å². The van der Waals surface area contributed by atoms with Crippen LogP contribution in [0, 0.1) is 12.8 Å². The Morgan fingerprint density at radius 2 is 2.06 bits per heavy atom. The van der Waals surface area contributed by atoms with Crippen LogP contribution in [0.2, 0.25) is 0 Å². The highest BCUT2D eigenvalue weighted by Crippen LogP contribution is 2.25. The first-order valence-corrected chi connectivity index (χ1v) is 6.78. The Balaban J connectivity index is 1.99. The van der Waals surface area contributed by atoms with E-state index < -0.39 is 0 Å². The standard InChI is InChI=1S/C15H24N2O/c1-12-9-15(4-3-14(12)10-16)17-7-5-13(6-8-17)11-18-2/h3-4,9,13H,5-8,10-11,16H2,1-2H3. The van der Waals surface area contributed by atoms with Gasteiger partial charge < -0.3 is 15.4 Å². The maximum atomic E-state index is 5.70. The number of benzene rings is 1. The number of methoxy groups -OCH3 is 1. The number of ether oxygens (including phenoxy) is 1. The quantitative estimate of drug-likeness (QED) is 0.888. The van der Waals surface area contributed by atoms with E-state index >= 15 is 0 Å². The molecule has 3 heteroatoms. The monoisotopic (exact) mass is 248 g/mol. The molecule has 1 heterocycles. The molecule has 1 aromatic carbocycles. The van der Waals surface area contributed by atoms with Gasteiger partial charge in [-0.1, -0.05) is 6.07 Å². The summed E-state index contributed by atoms with van der Waals surface area (Å²) in [6.45, 7) is 5.94. The maximum absolute atomic E-state index is 5.70. The third-order valence-electron chi connectivity index (χ3n) is 3.93. The first-order valence-electron chi connectivity index (χ1n) is 6.78. The van der Waals surface area contributed by atoms with Crippen molar-refractivity contribution < 1.29 is 4.74 Å². The lowest BCUT2D eigenvalue weighted by Gasteiger charge is -2.33. The van der Waals surface area contributed by atoms with Crippen molar-refractivity contribution in [2.24, 2.45) is 11.7 Å². The molecule has 100 valence electrons. The molecule has 0 spiro atoms. The topological polar surface area (TPSA) is 38.5 Å². The summed E-state index contributed by atoms with van der Waals surface area (Å²) in [6, 6.07) is 6.62. The summed E-state index contributed by atoms with van der Waals surface area (Å²) in [5.74, 6) is 0.732. The Morgan fingerprint density at radius 3 is 2.61 bits per heavy atom. The van der Waals surface area contributed by atoms with E-state index in [4.69, 9.17) is 10.5 Å².